The summed E-state index contributed by atoms with van der Waals surface area (Å²) in [6.45, 7) is 6.63. The maximum atomic E-state index is 12.1. The zero-order valence-corrected chi connectivity index (χ0v) is 9.90. The normalized spacial score (nSPS) is 10.3. The molecule has 1 amide bonds. The van der Waals surface area contributed by atoms with Gasteiger partial charge in [0, 0.05) is 24.3 Å². The fourth-order valence-electron chi connectivity index (χ4n) is 1.55. The number of aromatic nitrogens is 1. The van der Waals surface area contributed by atoms with Crippen molar-refractivity contribution >= 4 is 11.7 Å². The Morgan fingerprint density at radius 2 is 2.31 bits per heavy atom. The van der Waals surface area contributed by atoms with Crippen molar-refractivity contribution in [2.45, 2.75) is 26.8 Å². The van der Waals surface area contributed by atoms with Crippen LogP contribution in [0.15, 0.2) is 18.3 Å². The summed E-state index contributed by atoms with van der Waals surface area (Å²) in [5.41, 5.74) is 3.02. The lowest BCUT2D eigenvalue weighted by atomic mass is 10.2. The zero-order valence-electron chi connectivity index (χ0n) is 9.90. The van der Waals surface area contributed by atoms with Gasteiger partial charge in [-0.1, -0.05) is 0 Å². The number of hydrogen-bond acceptors (Lipinski definition) is 4. The highest BCUT2D eigenvalue weighted by Crippen LogP contribution is 2.10. The van der Waals surface area contributed by atoms with Crippen LogP contribution in [0.5, 0.6) is 0 Å². The molecule has 0 bridgehead atoms. The van der Waals surface area contributed by atoms with Gasteiger partial charge < -0.3 is 10.3 Å². The number of anilines is 1. The number of hydrazine groups is 1. The lowest BCUT2D eigenvalue weighted by Crippen LogP contribution is -2.36. The summed E-state index contributed by atoms with van der Waals surface area (Å²) >= 11 is 0. The molecule has 0 aliphatic heterocycles. The number of hydrogen-bond donors (Lipinski definition) is 2. The number of nitrogen functional groups attached to an aromatic ring is 1. The van der Waals surface area contributed by atoms with Crippen LogP contribution in [-0.2, 0) is 0 Å². The number of nitrogens with zero attached hydrogens (tertiary/aromatic N) is 2. The van der Waals surface area contributed by atoms with E-state index in [1.165, 1.54) is 0 Å². The quantitative estimate of drug-likeness (QED) is 0.594. The monoisotopic (exact) mass is 222 g/mol. The summed E-state index contributed by atoms with van der Waals surface area (Å²) in [7, 11) is 0. The Hall–Kier alpha value is -1.62. The molecule has 0 fully saturated rings. The molecule has 0 saturated carbocycles. The SMILES string of the molecule is CCN(C(=O)c1ccnc(NN)c1)C(C)C. The first kappa shape index (κ1) is 12.4. The van der Waals surface area contributed by atoms with Crippen molar-refractivity contribution < 1.29 is 4.79 Å². The predicted octanol–water partition coefficient (Wildman–Crippen LogP) is 1.24. The highest BCUT2D eigenvalue weighted by molar-refractivity contribution is 5.95. The summed E-state index contributed by atoms with van der Waals surface area (Å²) in [4.78, 5) is 17.9. The Morgan fingerprint density at radius 1 is 1.62 bits per heavy atom. The van der Waals surface area contributed by atoms with E-state index < -0.39 is 0 Å². The Labute approximate surface area is 95.6 Å². The lowest BCUT2D eigenvalue weighted by molar-refractivity contribution is 0.0717. The van der Waals surface area contributed by atoms with Gasteiger partial charge in [-0.3, -0.25) is 4.79 Å². The van der Waals surface area contributed by atoms with Crippen molar-refractivity contribution in [2.24, 2.45) is 5.84 Å². The van der Waals surface area contributed by atoms with Crippen molar-refractivity contribution in [3.63, 3.8) is 0 Å². The summed E-state index contributed by atoms with van der Waals surface area (Å²) in [5.74, 6) is 5.74. The van der Waals surface area contributed by atoms with Crippen LogP contribution in [0.2, 0.25) is 0 Å². The maximum absolute atomic E-state index is 12.1. The number of amides is 1. The van der Waals surface area contributed by atoms with Crippen LogP contribution < -0.4 is 11.3 Å². The van der Waals surface area contributed by atoms with Crippen molar-refractivity contribution in [3.8, 4) is 0 Å². The first-order valence-corrected chi connectivity index (χ1v) is 5.33. The van der Waals surface area contributed by atoms with E-state index in [-0.39, 0.29) is 11.9 Å². The van der Waals surface area contributed by atoms with Crippen LogP contribution in [0.1, 0.15) is 31.1 Å². The number of rotatable bonds is 4. The van der Waals surface area contributed by atoms with Crippen LogP contribution in [0.3, 0.4) is 0 Å². The molecule has 1 aromatic rings. The molecule has 5 heteroatoms. The van der Waals surface area contributed by atoms with Gasteiger partial charge in [0.25, 0.3) is 5.91 Å². The Kier molecular flexibility index (Phi) is 4.25. The van der Waals surface area contributed by atoms with Gasteiger partial charge >= 0.3 is 0 Å². The van der Waals surface area contributed by atoms with E-state index in [4.69, 9.17) is 5.84 Å². The fourth-order valence-corrected chi connectivity index (χ4v) is 1.55. The average molecular weight is 222 g/mol. The van der Waals surface area contributed by atoms with Crippen molar-refractivity contribution in [3.05, 3.63) is 23.9 Å². The van der Waals surface area contributed by atoms with Crippen LogP contribution in [0.25, 0.3) is 0 Å². The zero-order chi connectivity index (χ0) is 12.1. The number of carbonyl (C=O) groups excluding carboxylic acids is 1. The van der Waals surface area contributed by atoms with Gasteiger partial charge in [0.2, 0.25) is 0 Å². The van der Waals surface area contributed by atoms with Gasteiger partial charge in [-0.05, 0) is 32.9 Å². The molecule has 0 saturated heterocycles. The molecule has 0 aliphatic carbocycles. The van der Waals surface area contributed by atoms with Crippen LogP contribution in [0.4, 0.5) is 5.82 Å². The van der Waals surface area contributed by atoms with E-state index in [1.807, 2.05) is 20.8 Å². The summed E-state index contributed by atoms with van der Waals surface area (Å²) < 4.78 is 0. The topological polar surface area (TPSA) is 71.2 Å². The van der Waals surface area contributed by atoms with E-state index in [0.717, 1.165) is 0 Å². The first-order valence-electron chi connectivity index (χ1n) is 5.33. The minimum atomic E-state index is -0.00333. The van der Waals surface area contributed by atoms with Gasteiger partial charge in [-0.25, -0.2) is 10.8 Å². The third-order valence-corrected chi connectivity index (χ3v) is 2.38. The van der Waals surface area contributed by atoms with Crippen molar-refractivity contribution in [1.29, 1.82) is 0 Å². The van der Waals surface area contributed by atoms with E-state index in [1.54, 1.807) is 23.2 Å². The average Bonchev–Trinajstić information content (AvgIpc) is 2.29. The van der Waals surface area contributed by atoms with E-state index in [2.05, 4.69) is 10.4 Å². The van der Waals surface area contributed by atoms with Crippen LogP contribution in [0, 0.1) is 0 Å². The molecule has 0 unspecified atom stereocenters. The fraction of sp³-hybridized carbons (Fsp3) is 0.455. The standard InChI is InChI=1S/C11H18N4O/c1-4-15(8(2)3)11(16)9-5-6-13-10(7-9)14-12/h5-8H,4,12H2,1-3H3,(H,13,14). The molecular weight excluding hydrogens is 204 g/mol. The van der Waals surface area contributed by atoms with Crippen molar-refractivity contribution in [2.75, 3.05) is 12.0 Å². The lowest BCUT2D eigenvalue weighted by Gasteiger charge is -2.25. The molecule has 0 radical (unpaired) electrons. The van der Waals surface area contributed by atoms with Gasteiger partial charge in [0.1, 0.15) is 5.82 Å². The van der Waals surface area contributed by atoms with Gasteiger partial charge in [-0.15, -0.1) is 0 Å². The third kappa shape index (κ3) is 2.70. The molecule has 0 aliphatic rings. The van der Waals surface area contributed by atoms with E-state index in [0.29, 0.717) is 17.9 Å². The molecule has 1 heterocycles. The summed E-state index contributed by atoms with van der Waals surface area (Å²) in [6, 6.07) is 3.52. The predicted molar refractivity (Wildman–Crippen MR) is 63.9 cm³/mol. The second-order valence-electron chi connectivity index (χ2n) is 3.76. The Morgan fingerprint density at radius 3 is 2.81 bits per heavy atom. The Bertz CT molecular complexity index is 365. The minimum absolute atomic E-state index is 0.00333. The molecule has 5 nitrogen and oxygen atoms in total. The summed E-state index contributed by atoms with van der Waals surface area (Å²) in [5, 5.41) is 0. The molecule has 0 atom stereocenters. The highest BCUT2D eigenvalue weighted by atomic mass is 16.2. The third-order valence-electron chi connectivity index (χ3n) is 2.38. The summed E-state index contributed by atoms with van der Waals surface area (Å²) in [6.07, 6.45) is 1.57. The molecule has 3 N–H and O–H groups in total. The van der Waals surface area contributed by atoms with Gasteiger partial charge in [0.05, 0.1) is 0 Å². The van der Waals surface area contributed by atoms with Crippen LogP contribution in [-0.4, -0.2) is 28.4 Å². The van der Waals surface area contributed by atoms with E-state index >= 15 is 0 Å². The number of nitrogens with one attached hydrogen (secondary N) is 1. The molecule has 0 aromatic carbocycles. The largest absolute Gasteiger partial charge is 0.336 e. The molecule has 1 aromatic heterocycles. The van der Waals surface area contributed by atoms with E-state index in [9.17, 15) is 4.79 Å². The number of carbonyl (C=O) groups is 1. The van der Waals surface area contributed by atoms with Gasteiger partial charge in [0.15, 0.2) is 0 Å². The molecule has 0 spiro atoms. The molecular formula is C11H18N4O. The van der Waals surface area contributed by atoms with Gasteiger partial charge in [-0.2, -0.15) is 0 Å². The Balaban J connectivity index is 2.94. The van der Waals surface area contributed by atoms with Crippen LogP contribution >= 0.6 is 0 Å². The number of nitrogens with two attached hydrogens (primary N) is 1. The maximum Gasteiger partial charge on any atom is 0.254 e. The molecule has 1 rings (SSSR count). The molecule has 16 heavy (non-hydrogen) atoms. The number of pyridine rings is 1. The second kappa shape index (κ2) is 5.46. The smallest absolute Gasteiger partial charge is 0.254 e. The first-order chi connectivity index (χ1) is 7.60. The van der Waals surface area contributed by atoms with Crippen molar-refractivity contribution in [1.82, 2.24) is 9.88 Å². The minimum Gasteiger partial charge on any atom is -0.336 e. The molecule has 88 valence electrons. The second-order valence-corrected chi connectivity index (χ2v) is 3.76. The highest BCUT2D eigenvalue weighted by Gasteiger charge is 2.17.